The molecule has 4 rings (SSSR count). The third-order valence-corrected chi connectivity index (χ3v) is 7.94. The summed E-state index contributed by atoms with van der Waals surface area (Å²) in [5.41, 5.74) is -1.09. The smallest absolute Gasteiger partial charge is 0.411 e. The summed E-state index contributed by atoms with van der Waals surface area (Å²) in [4.78, 5) is 31.9. The summed E-state index contributed by atoms with van der Waals surface area (Å²) in [6.07, 6.45) is 4.89. The fourth-order valence-corrected chi connectivity index (χ4v) is 6.41. The molecular weight excluding hydrogens is 424 g/mol. The average molecular weight is 467 g/mol. The largest absolute Gasteiger partial charge is 0.444 e. The van der Waals surface area contributed by atoms with E-state index in [0.29, 0.717) is 26.1 Å². The molecule has 0 aromatic heterocycles. The number of nitrogens with zero attached hydrogens (tertiary/aromatic N) is 3. The first-order chi connectivity index (χ1) is 15.6. The summed E-state index contributed by atoms with van der Waals surface area (Å²) in [6.45, 7) is 9.99. The first-order valence-electron chi connectivity index (χ1n) is 12.5. The molecule has 4 aliphatic heterocycles. The molecule has 4 saturated heterocycles. The minimum absolute atomic E-state index is 0.0258. The van der Waals surface area contributed by atoms with Crippen LogP contribution < -0.4 is 5.32 Å². The van der Waals surface area contributed by atoms with Crippen LogP contribution in [0.2, 0.25) is 0 Å². The van der Waals surface area contributed by atoms with Gasteiger partial charge in [-0.1, -0.05) is 0 Å². The number of nitrogens with one attached hydrogen (secondary N) is 1. The summed E-state index contributed by atoms with van der Waals surface area (Å²) < 4.78 is 11.8. The van der Waals surface area contributed by atoms with Crippen LogP contribution in [-0.4, -0.2) is 114 Å². The lowest BCUT2D eigenvalue weighted by Gasteiger charge is -2.46. The van der Waals surface area contributed by atoms with E-state index in [1.165, 1.54) is 0 Å². The molecule has 4 fully saturated rings. The molecule has 2 N–H and O–H groups in total. The lowest BCUT2D eigenvalue weighted by Crippen LogP contribution is -2.66. The Balaban J connectivity index is 1.29. The number of carbonyl (C=O) groups is 2. The Morgan fingerprint density at radius 1 is 1.24 bits per heavy atom. The Labute approximate surface area is 197 Å². The number of amides is 2. The fourth-order valence-electron chi connectivity index (χ4n) is 6.41. The number of carbonyl (C=O) groups excluding carboxylic acids is 2. The van der Waals surface area contributed by atoms with Crippen LogP contribution in [0.5, 0.6) is 0 Å². The van der Waals surface area contributed by atoms with Crippen molar-refractivity contribution < 1.29 is 24.2 Å². The van der Waals surface area contributed by atoms with Gasteiger partial charge in [0.2, 0.25) is 5.91 Å². The zero-order valence-corrected chi connectivity index (χ0v) is 20.8. The van der Waals surface area contributed by atoms with Crippen molar-refractivity contribution >= 4 is 12.0 Å². The molecule has 33 heavy (non-hydrogen) atoms. The lowest BCUT2D eigenvalue weighted by molar-refractivity contribution is -0.133. The van der Waals surface area contributed by atoms with Crippen LogP contribution in [0.1, 0.15) is 59.3 Å². The van der Waals surface area contributed by atoms with E-state index in [2.05, 4.69) is 10.2 Å². The number of aliphatic hydroxyl groups excluding tert-OH is 1. The van der Waals surface area contributed by atoms with E-state index in [4.69, 9.17) is 9.47 Å². The number of hydrogen-bond donors (Lipinski definition) is 2. The van der Waals surface area contributed by atoms with Gasteiger partial charge in [-0.15, -0.1) is 0 Å². The second kappa shape index (κ2) is 9.32. The van der Waals surface area contributed by atoms with Gasteiger partial charge in [-0.3, -0.25) is 14.6 Å². The van der Waals surface area contributed by atoms with Gasteiger partial charge >= 0.3 is 6.09 Å². The highest BCUT2D eigenvalue weighted by Crippen LogP contribution is 2.40. The van der Waals surface area contributed by atoms with Crippen molar-refractivity contribution in [2.75, 3.05) is 53.0 Å². The maximum Gasteiger partial charge on any atom is 0.411 e. The molecule has 2 amide bonds. The van der Waals surface area contributed by atoms with Crippen LogP contribution in [0.25, 0.3) is 0 Å². The molecule has 0 saturated carbocycles. The summed E-state index contributed by atoms with van der Waals surface area (Å²) in [5, 5.41) is 13.3. The summed E-state index contributed by atoms with van der Waals surface area (Å²) in [5.74, 6) is 0.0258. The van der Waals surface area contributed by atoms with Gasteiger partial charge in [0.05, 0.1) is 31.3 Å². The monoisotopic (exact) mass is 466 g/mol. The Morgan fingerprint density at radius 3 is 2.73 bits per heavy atom. The van der Waals surface area contributed by atoms with Gasteiger partial charge in [0.1, 0.15) is 5.60 Å². The van der Waals surface area contributed by atoms with E-state index < -0.39 is 11.1 Å². The zero-order chi connectivity index (χ0) is 23.9. The Kier molecular flexibility index (Phi) is 6.98. The summed E-state index contributed by atoms with van der Waals surface area (Å²) >= 11 is 0. The summed E-state index contributed by atoms with van der Waals surface area (Å²) in [6, 6.07) is 0.107. The predicted octanol–water partition coefficient (Wildman–Crippen LogP) is 1.19. The van der Waals surface area contributed by atoms with Crippen LogP contribution in [-0.2, 0) is 14.3 Å². The second-order valence-corrected chi connectivity index (χ2v) is 11.5. The molecule has 4 atom stereocenters. The van der Waals surface area contributed by atoms with E-state index in [9.17, 15) is 14.7 Å². The molecule has 2 unspecified atom stereocenters. The van der Waals surface area contributed by atoms with Crippen molar-refractivity contribution in [1.82, 2.24) is 20.0 Å². The number of piperazine rings is 1. The fraction of sp³-hybridized carbons (Fsp3) is 0.917. The van der Waals surface area contributed by atoms with Gasteiger partial charge in [0.15, 0.2) is 0 Å². The molecular formula is C24H42N4O5. The second-order valence-electron chi connectivity index (χ2n) is 11.5. The van der Waals surface area contributed by atoms with E-state index in [1.807, 2.05) is 32.7 Å². The molecule has 188 valence electrons. The van der Waals surface area contributed by atoms with Gasteiger partial charge in [-0.2, -0.15) is 0 Å². The van der Waals surface area contributed by atoms with Crippen LogP contribution in [0.4, 0.5) is 4.79 Å². The van der Waals surface area contributed by atoms with Crippen LogP contribution in [0.3, 0.4) is 0 Å². The molecule has 0 spiro atoms. The van der Waals surface area contributed by atoms with Crippen LogP contribution in [0, 0.1) is 0 Å². The molecule has 4 aliphatic rings. The minimum Gasteiger partial charge on any atom is -0.444 e. The highest BCUT2D eigenvalue weighted by atomic mass is 16.6. The topological polar surface area (TPSA) is 94.6 Å². The van der Waals surface area contributed by atoms with Gasteiger partial charge in [0, 0.05) is 44.8 Å². The van der Waals surface area contributed by atoms with E-state index >= 15 is 0 Å². The molecule has 2 bridgehead atoms. The molecule has 9 nitrogen and oxygen atoms in total. The van der Waals surface area contributed by atoms with Crippen molar-refractivity contribution in [1.29, 1.82) is 0 Å². The quantitative estimate of drug-likeness (QED) is 0.582. The number of rotatable bonds is 7. The number of likely N-dealkylation sites (N-methyl/N-ethyl adjacent to an activating group) is 1. The SMILES string of the molecule is CN(CC12CCC(CNC1)N2C(=O)OC(C)(C)C)C(=O)CCO[C@H]1CN2CCC[C@]2(CO)C1. The normalized spacial score (nSPS) is 33.9. The third-order valence-electron chi connectivity index (χ3n) is 7.94. The van der Waals surface area contributed by atoms with Gasteiger partial charge < -0.3 is 24.8 Å². The highest BCUT2D eigenvalue weighted by Gasteiger charge is 2.53. The van der Waals surface area contributed by atoms with E-state index in [-0.39, 0.29) is 36.3 Å². The molecule has 0 aromatic rings. The van der Waals surface area contributed by atoms with Gasteiger partial charge in [-0.25, -0.2) is 4.79 Å². The Bertz CT molecular complexity index is 739. The predicted molar refractivity (Wildman–Crippen MR) is 124 cm³/mol. The first-order valence-corrected chi connectivity index (χ1v) is 12.5. The van der Waals surface area contributed by atoms with Crippen LogP contribution >= 0.6 is 0 Å². The highest BCUT2D eigenvalue weighted by molar-refractivity contribution is 5.76. The maximum absolute atomic E-state index is 13.0. The van der Waals surface area contributed by atoms with Crippen molar-refractivity contribution in [3.63, 3.8) is 0 Å². The first kappa shape index (κ1) is 24.7. The molecule has 9 heteroatoms. The Morgan fingerprint density at radius 2 is 2.03 bits per heavy atom. The average Bonchev–Trinajstić information content (AvgIpc) is 3.34. The van der Waals surface area contributed by atoms with Gasteiger partial charge in [0.25, 0.3) is 0 Å². The van der Waals surface area contributed by atoms with E-state index in [1.54, 1.807) is 4.90 Å². The number of ether oxygens (including phenoxy) is 2. The zero-order valence-electron chi connectivity index (χ0n) is 20.8. The van der Waals surface area contributed by atoms with Crippen molar-refractivity contribution in [3.05, 3.63) is 0 Å². The molecule has 0 aromatic carbocycles. The standard InChI is InChI=1S/C24H42N4O5/c1-22(2,3)33-21(31)28-18-6-9-24(28,15-25-13-18)16-26(4)20(30)7-11-32-19-12-23(17-29)8-5-10-27(23)14-19/h18-19,25,29H,5-17H2,1-4H3/t18?,19-,23-,24?/m1/s1. The van der Waals surface area contributed by atoms with Crippen LogP contribution in [0.15, 0.2) is 0 Å². The minimum atomic E-state index is -0.550. The third kappa shape index (κ3) is 5.01. The van der Waals surface area contributed by atoms with Crippen molar-refractivity contribution in [2.24, 2.45) is 0 Å². The van der Waals surface area contributed by atoms with Gasteiger partial charge in [-0.05, 0) is 59.4 Å². The van der Waals surface area contributed by atoms with E-state index in [0.717, 1.165) is 51.7 Å². The number of fused-ring (bicyclic) bond motifs is 3. The van der Waals surface area contributed by atoms with Crippen molar-refractivity contribution in [2.45, 2.75) is 88.1 Å². The molecule has 0 aliphatic carbocycles. The number of aliphatic hydroxyl groups is 1. The molecule has 4 heterocycles. The Hall–Kier alpha value is -1.42. The molecule has 0 radical (unpaired) electrons. The summed E-state index contributed by atoms with van der Waals surface area (Å²) in [7, 11) is 1.82. The van der Waals surface area contributed by atoms with Crippen molar-refractivity contribution in [3.8, 4) is 0 Å². The number of hydrogen-bond acceptors (Lipinski definition) is 7. The lowest BCUT2D eigenvalue weighted by atomic mass is 9.94. The maximum atomic E-state index is 13.0.